The summed E-state index contributed by atoms with van der Waals surface area (Å²) in [7, 11) is 0. The minimum Gasteiger partial charge on any atom is -0.244 e. The van der Waals surface area contributed by atoms with E-state index in [1.165, 1.54) is 12.1 Å². The predicted molar refractivity (Wildman–Crippen MR) is 64.4 cm³/mol. The van der Waals surface area contributed by atoms with Crippen LogP contribution in [0.5, 0.6) is 0 Å². The summed E-state index contributed by atoms with van der Waals surface area (Å²) in [4.78, 5) is 3.93. The molecular formula is C13H9ClF3N. The van der Waals surface area contributed by atoms with Crippen LogP contribution in [0.15, 0.2) is 36.5 Å². The van der Waals surface area contributed by atoms with Gasteiger partial charge in [0.2, 0.25) is 0 Å². The van der Waals surface area contributed by atoms with Gasteiger partial charge in [-0.1, -0.05) is 23.7 Å². The van der Waals surface area contributed by atoms with Crippen molar-refractivity contribution in [1.82, 2.24) is 4.98 Å². The zero-order valence-corrected chi connectivity index (χ0v) is 10.2. The van der Waals surface area contributed by atoms with E-state index >= 15 is 0 Å². The van der Waals surface area contributed by atoms with Gasteiger partial charge in [-0.2, -0.15) is 13.2 Å². The molecule has 0 aliphatic carbocycles. The summed E-state index contributed by atoms with van der Waals surface area (Å²) in [6.45, 7) is 1.83. The summed E-state index contributed by atoms with van der Waals surface area (Å²) in [6, 6.07) is 6.66. The molecule has 94 valence electrons. The Bertz CT molecular complexity index is 561. The third-order valence-corrected chi connectivity index (χ3v) is 2.81. The summed E-state index contributed by atoms with van der Waals surface area (Å²) in [5.74, 6) is 0. The molecule has 0 radical (unpaired) electrons. The van der Waals surface area contributed by atoms with Gasteiger partial charge in [-0.25, -0.2) is 4.98 Å². The van der Waals surface area contributed by atoms with Gasteiger partial charge in [0.15, 0.2) is 0 Å². The monoisotopic (exact) mass is 271 g/mol. The average Bonchev–Trinajstić information content (AvgIpc) is 2.28. The van der Waals surface area contributed by atoms with Gasteiger partial charge in [-0.15, -0.1) is 0 Å². The number of pyridine rings is 1. The number of rotatable bonds is 1. The number of aromatic nitrogens is 1. The Balaban J connectivity index is 2.41. The van der Waals surface area contributed by atoms with E-state index in [0.29, 0.717) is 10.7 Å². The van der Waals surface area contributed by atoms with Crippen LogP contribution in [0, 0.1) is 6.92 Å². The largest absolute Gasteiger partial charge is 0.416 e. The van der Waals surface area contributed by atoms with Crippen molar-refractivity contribution in [2.75, 3.05) is 0 Å². The zero-order valence-electron chi connectivity index (χ0n) is 9.42. The smallest absolute Gasteiger partial charge is 0.244 e. The van der Waals surface area contributed by atoms with Crippen molar-refractivity contribution in [1.29, 1.82) is 0 Å². The first-order chi connectivity index (χ1) is 8.38. The highest BCUT2D eigenvalue weighted by Crippen LogP contribution is 2.31. The molecule has 0 aliphatic rings. The molecule has 1 aromatic carbocycles. The average molecular weight is 272 g/mol. The van der Waals surface area contributed by atoms with Crippen molar-refractivity contribution in [3.05, 3.63) is 52.8 Å². The Hall–Kier alpha value is -1.55. The third-order valence-electron chi connectivity index (χ3n) is 2.60. The second kappa shape index (κ2) is 4.61. The molecule has 0 atom stereocenters. The standard InChI is InChI=1S/C13H9ClF3N/c1-8-6-12(14)18-7-11(8)9-2-4-10(5-3-9)13(15,16)17/h2-7H,1H3. The number of alkyl halides is 3. The van der Waals surface area contributed by atoms with Crippen LogP contribution in [0.25, 0.3) is 11.1 Å². The molecular weight excluding hydrogens is 263 g/mol. The van der Waals surface area contributed by atoms with Crippen LogP contribution >= 0.6 is 11.6 Å². The summed E-state index contributed by atoms with van der Waals surface area (Å²) in [5.41, 5.74) is 1.67. The number of hydrogen-bond donors (Lipinski definition) is 0. The summed E-state index contributed by atoms with van der Waals surface area (Å²) < 4.78 is 37.3. The van der Waals surface area contributed by atoms with Gasteiger partial charge < -0.3 is 0 Å². The number of halogens is 4. The minimum absolute atomic E-state index is 0.364. The fourth-order valence-electron chi connectivity index (χ4n) is 1.66. The molecule has 1 nitrogen and oxygen atoms in total. The van der Waals surface area contributed by atoms with Crippen LogP contribution < -0.4 is 0 Å². The lowest BCUT2D eigenvalue weighted by atomic mass is 10.0. The molecule has 1 heterocycles. The van der Waals surface area contributed by atoms with Gasteiger partial charge in [-0.3, -0.25) is 0 Å². The van der Waals surface area contributed by atoms with Gasteiger partial charge in [-0.05, 0) is 36.2 Å². The van der Waals surface area contributed by atoms with Crippen molar-refractivity contribution in [3.63, 3.8) is 0 Å². The highest BCUT2D eigenvalue weighted by molar-refractivity contribution is 6.29. The highest BCUT2D eigenvalue weighted by Gasteiger charge is 2.29. The first-order valence-electron chi connectivity index (χ1n) is 5.18. The highest BCUT2D eigenvalue weighted by atomic mass is 35.5. The number of aryl methyl sites for hydroxylation is 1. The summed E-state index contributed by atoms with van der Waals surface area (Å²) >= 11 is 5.73. The van der Waals surface area contributed by atoms with Crippen LogP contribution in [-0.4, -0.2) is 4.98 Å². The molecule has 0 bridgehead atoms. The maximum atomic E-state index is 12.4. The summed E-state index contributed by atoms with van der Waals surface area (Å²) in [5, 5.41) is 0.364. The first-order valence-corrected chi connectivity index (χ1v) is 5.55. The molecule has 0 fully saturated rings. The van der Waals surface area contributed by atoms with Gasteiger partial charge in [0.1, 0.15) is 5.15 Å². The van der Waals surface area contributed by atoms with Crippen LogP contribution in [0.2, 0.25) is 5.15 Å². The van der Waals surface area contributed by atoms with Gasteiger partial charge in [0.25, 0.3) is 0 Å². The number of nitrogens with zero attached hydrogens (tertiary/aromatic N) is 1. The normalized spacial score (nSPS) is 11.6. The van der Waals surface area contributed by atoms with E-state index < -0.39 is 11.7 Å². The molecule has 18 heavy (non-hydrogen) atoms. The van der Waals surface area contributed by atoms with E-state index in [-0.39, 0.29) is 0 Å². The Morgan fingerprint density at radius 2 is 1.72 bits per heavy atom. The lowest BCUT2D eigenvalue weighted by Crippen LogP contribution is -2.04. The molecule has 0 aliphatic heterocycles. The molecule has 2 rings (SSSR count). The quantitative estimate of drug-likeness (QED) is 0.683. The van der Waals surface area contributed by atoms with Crippen molar-refractivity contribution in [2.24, 2.45) is 0 Å². The topological polar surface area (TPSA) is 12.9 Å². The molecule has 0 spiro atoms. The second-order valence-corrected chi connectivity index (χ2v) is 4.28. The molecule has 1 aromatic heterocycles. The first kappa shape index (κ1) is 12.9. The van der Waals surface area contributed by atoms with E-state index in [0.717, 1.165) is 23.3 Å². The number of benzene rings is 1. The Morgan fingerprint density at radius 1 is 1.11 bits per heavy atom. The van der Waals surface area contributed by atoms with Crippen LogP contribution in [0.1, 0.15) is 11.1 Å². The lowest BCUT2D eigenvalue weighted by molar-refractivity contribution is -0.137. The van der Waals surface area contributed by atoms with Gasteiger partial charge in [0.05, 0.1) is 5.56 Å². The molecule has 0 saturated heterocycles. The second-order valence-electron chi connectivity index (χ2n) is 3.90. The van der Waals surface area contributed by atoms with Crippen LogP contribution in [0.3, 0.4) is 0 Å². The van der Waals surface area contributed by atoms with Gasteiger partial charge in [0, 0.05) is 11.8 Å². The molecule has 2 aromatic rings. The Morgan fingerprint density at radius 3 is 2.22 bits per heavy atom. The van der Waals surface area contributed by atoms with E-state index in [1.54, 1.807) is 12.3 Å². The SMILES string of the molecule is Cc1cc(Cl)ncc1-c1ccc(C(F)(F)F)cc1. The fourth-order valence-corrected chi connectivity index (χ4v) is 1.88. The van der Waals surface area contributed by atoms with E-state index in [2.05, 4.69) is 4.98 Å². The molecule has 0 N–H and O–H groups in total. The maximum absolute atomic E-state index is 12.4. The maximum Gasteiger partial charge on any atom is 0.416 e. The molecule has 0 unspecified atom stereocenters. The van der Waals surface area contributed by atoms with Crippen molar-refractivity contribution < 1.29 is 13.2 Å². The minimum atomic E-state index is -4.31. The van der Waals surface area contributed by atoms with Crippen molar-refractivity contribution in [2.45, 2.75) is 13.1 Å². The molecule has 0 amide bonds. The van der Waals surface area contributed by atoms with E-state index in [9.17, 15) is 13.2 Å². The van der Waals surface area contributed by atoms with E-state index in [1.807, 2.05) is 6.92 Å². The Kier molecular flexibility index (Phi) is 3.30. The van der Waals surface area contributed by atoms with Crippen LogP contribution in [-0.2, 0) is 6.18 Å². The summed E-state index contributed by atoms with van der Waals surface area (Å²) in [6.07, 6.45) is -2.76. The third kappa shape index (κ3) is 2.64. The van der Waals surface area contributed by atoms with Crippen molar-refractivity contribution in [3.8, 4) is 11.1 Å². The fraction of sp³-hybridized carbons (Fsp3) is 0.154. The Labute approximate surface area is 107 Å². The van der Waals surface area contributed by atoms with Crippen molar-refractivity contribution >= 4 is 11.6 Å². The van der Waals surface area contributed by atoms with Crippen LogP contribution in [0.4, 0.5) is 13.2 Å². The molecule has 5 heteroatoms. The lowest BCUT2D eigenvalue weighted by Gasteiger charge is -2.09. The van der Waals surface area contributed by atoms with Gasteiger partial charge >= 0.3 is 6.18 Å². The predicted octanol–water partition coefficient (Wildman–Crippen LogP) is 4.73. The zero-order chi connectivity index (χ0) is 13.3. The number of hydrogen-bond acceptors (Lipinski definition) is 1. The molecule has 0 saturated carbocycles. The van der Waals surface area contributed by atoms with E-state index in [4.69, 9.17) is 11.6 Å².